The van der Waals surface area contributed by atoms with E-state index in [9.17, 15) is 4.39 Å². The molecule has 1 aromatic rings. The Kier molecular flexibility index (Phi) is 4.81. The highest BCUT2D eigenvalue weighted by atomic mass is 32.1. The van der Waals surface area contributed by atoms with Crippen LogP contribution in [0.1, 0.15) is 44.4 Å². The highest BCUT2D eigenvalue weighted by Crippen LogP contribution is 2.39. The quantitative estimate of drug-likeness (QED) is 0.657. The van der Waals surface area contributed by atoms with Crippen molar-refractivity contribution >= 4 is 25.8 Å². The van der Waals surface area contributed by atoms with E-state index in [-0.39, 0.29) is 17.0 Å². The molecule has 0 bridgehead atoms. The van der Waals surface area contributed by atoms with Crippen LogP contribution in [0.2, 0.25) is 0 Å². The number of benzene rings is 1. The van der Waals surface area contributed by atoms with Gasteiger partial charge in [0.1, 0.15) is 5.82 Å². The second-order valence-electron chi connectivity index (χ2n) is 6.93. The van der Waals surface area contributed by atoms with E-state index < -0.39 is 7.12 Å². The minimum Gasteiger partial charge on any atom is -0.400 e. The molecule has 0 radical (unpaired) electrons. The van der Waals surface area contributed by atoms with Crippen molar-refractivity contribution in [1.82, 2.24) is 0 Å². The van der Waals surface area contributed by atoms with Crippen LogP contribution in [0.15, 0.2) is 17.6 Å². The molecule has 1 aliphatic rings. The number of hydrogen-bond donors (Lipinski definition) is 1. The number of thiol groups is 1. The predicted octanol–water partition coefficient (Wildman–Crippen LogP) is 4.39. The van der Waals surface area contributed by atoms with E-state index in [1.54, 1.807) is 13.8 Å². The van der Waals surface area contributed by atoms with Gasteiger partial charge in [-0.1, -0.05) is 6.08 Å². The second kappa shape index (κ2) is 6.02. The molecule has 5 heteroatoms. The molecule has 0 spiro atoms. The van der Waals surface area contributed by atoms with Crippen molar-refractivity contribution in [2.75, 3.05) is 5.75 Å². The fourth-order valence-corrected chi connectivity index (χ4v) is 2.70. The summed E-state index contributed by atoms with van der Waals surface area (Å²) in [5.41, 5.74) is 2.39. The van der Waals surface area contributed by atoms with E-state index in [4.69, 9.17) is 9.31 Å². The molecule has 1 aromatic carbocycles. The van der Waals surface area contributed by atoms with Crippen molar-refractivity contribution in [2.24, 2.45) is 0 Å². The summed E-state index contributed by atoms with van der Waals surface area (Å²) in [6.45, 7) is 11.6. The molecule has 2 rings (SSSR count). The van der Waals surface area contributed by atoms with Crippen molar-refractivity contribution in [3.63, 3.8) is 0 Å². The Morgan fingerprint density at radius 1 is 1.14 bits per heavy atom. The second-order valence-corrected chi connectivity index (χ2v) is 7.25. The maximum Gasteiger partial charge on any atom is 0.491 e. The summed E-state index contributed by atoms with van der Waals surface area (Å²) in [5.74, 6) is 0.368. The highest BCUT2D eigenvalue weighted by Gasteiger charge is 2.52. The van der Waals surface area contributed by atoms with Gasteiger partial charge in [0, 0.05) is 5.75 Å². The molecule has 0 aliphatic carbocycles. The van der Waals surface area contributed by atoms with Gasteiger partial charge in [-0.15, -0.1) is 0 Å². The van der Waals surface area contributed by atoms with Crippen LogP contribution < -0.4 is 0 Å². The van der Waals surface area contributed by atoms with Gasteiger partial charge in [-0.05, 0) is 75.8 Å². The van der Waals surface area contributed by atoms with E-state index in [1.807, 2.05) is 45.9 Å². The first kappa shape index (κ1) is 17.6. The zero-order valence-electron chi connectivity index (χ0n) is 14.2. The minimum absolute atomic E-state index is 0.153. The molecule has 1 heterocycles. The highest BCUT2D eigenvalue weighted by molar-refractivity contribution is 7.80. The lowest BCUT2D eigenvalue weighted by atomic mass is 9.78. The average Bonchev–Trinajstić information content (AvgIpc) is 2.61. The van der Waals surface area contributed by atoms with Gasteiger partial charge < -0.3 is 9.31 Å². The van der Waals surface area contributed by atoms with E-state index >= 15 is 0 Å². The van der Waals surface area contributed by atoms with Crippen molar-refractivity contribution in [2.45, 2.75) is 52.7 Å². The molecule has 1 saturated heterocycles. The van der Waals surface area contributed by atoms with Crippen molar-refractivity contribution in [1.29, 1.82) is 0 Å². The fourth-order valence-electron chi connectivity index (χ4n) is 2.46. The Bertz CT molecular complexity index is 572. The molecule has 1 fully saturated rings. The van der Waals surface area contributed by atoms with Crippen LogP contribution in [0.4, 0.5) is 4.39 Å². The van der Waals surface area contributed by atoms with E-state index in [0.717, 1.165) is 11.0 Å². The van der Waals surface area contributed by atoms with Crippen LogP contribution in [-0.4, -0.2) is 24.1 Å². The Balaban J connectivity index is 2.34. The zero-order chi connectivity index (χ0) is 16.7. The lowest BCUT2D eigenvalue weighted by Gasteiger charge is -2.32. The molecule has 0 saturated carbocycles. The molecule has 0 aromatic heterocycles. The van der Waals surface area contributed by atoms with Gasteiger partial charge in [-0.2, -0.15) is 12.6 Å². The number of hydrogen-bond acceptors (Lipinski definition) is 3. The first-order chi connectivity index (χ1) is 10.1. The van der Waals surface area contributed by atoms with Crippen molar-refractivity contribution < 1.29 is 13.7 Å². The molecule has 22 heavy (non-hydrogen) atoms. The molecule has 0 amide bonds. The fraction of sp³-hybridized carbons (Fsp3) is 0.529. The molecule has 120 valence electrons. The topological polar surface area (TPSA) is 18.5 Å². The normalized spacial score (nSPS) is 20.5. The maximum absolute atomic E-state index is 13.7. The number of aryl methyl sites for hydroxylation is 2. The van der Waals surface area contributed by atoms with Gasteiger partial charge in [-0.25, -0.2) is 4.39 Å². The Hall–Kier alpha value is -0.775. The SMILES string of the molecule is Cc1cc(C=C(CS)B2OC(C)(C)C(C)(C)O2)cc(C)c1F. The largest absolute Gasteiger partial charge is 0.491 e. The summed E-state index contributed by atoms with van der Waals surface area (Å²) in [5, 5.41) is 0. The van der Waals surface area contributed by atoms with Crippen LogP contribution >= 0.6 is 12.6 Å². The number of rotatable bonds is 3. The third-order valence-electron chi connectivity index (χ3n) is 4.55. The average molecular weight is 322 g/mol. The summed E-state index contributed by atoms with van der Waals surface area (Å²) in [7, 11) is -0.423. The minimum atomic E-state index is -0.423. The van der Waals surface area contributed by atoms with Crippen molar-refractivity contribution in [3.05, 3.63) is 40.1 Å². The van der Waals surface area contributed by atoms with Gasteiger partial charge >= 0.3 is 7.12 Å². The summed E-state index contributed by atoms with van der Waals surface area (Å²) in [4.78, 5) is 0. The van der Waals surface area contributed by atoms with Crippen LogP contribution in [0.3, 0.4) is 0 Å². The molecular formula is C17H24BFO2S. The van der Waals surface area contributed by atoms with Crippen LogP contribution in [0.5, 0.6) is 0 Å². The predicted molar refractivity (Wildman–Crippen MR) is 93.8 cm³/mol. The lowest BCUT2D eigenvalue weighted by Crippen LogP contribution is -2.41. The van der Waals surface area contributed by atoms with E-state index in [2.05, 4.69) is 12.6 Å². The summed E-state index contributed by atoms with van der Waals surface area (Å²) >= 11 is 4.40. The molecular weight excluding hydrogens is 298 g/mol. The monoisotopic (exact) mass is 322 g/mol. The lowest BCUT2D eigenvalue weighted by molar-refractivity contribution is 0.00578. The summed E-state index contributed by atoms with van der Waals surface area (Å²) in [6, 6.07) is 3.66. The first-order valence-electron chi connectivity index (χ1n) is 7.51. The van der Waals surface area contributed by atoms with Gasteiger partial charge in [0.05, 0.1) is 11.2 Å². The smallest absolute Gasteiger partial charge is 0.400 e. The summed E-state index contributed by atoms with van der Waals surface area (Å²) in [6.07, 6.45) is 1.98. The Morgan fingerprint density at radius 3 is 2.00 bits per heavy atom. The molecule has 0 atom stereocenters. The molecule has 0 unspecified atom stereocenters. The Morgan fingerprint density at radius 2 is 1.59 bits per heavy atom. The van der Waals surface area contributed by atoms with Gasteiger partial charge in [0.15, 0.2) is 0 Å². The Labute approximate surface area is 138 Å². The molecule has 1 aliphatic heterocycles. The first-order valence-corrected chi connectivity index (χ1v) is 8.14. The van der Waals surface area contributed by atoms with Gasteiger partial charge in [0.25, 0.3) is 0 Å². The molecule has 0 N–H and O–H groups in total. The van der Waals surface area contributed by atoms with Crippen LogP contribution in [-0.2, 0) is 9.31 Å². The van der Waals surface area contributed by atoms with Crippen LogP contribution in [0.25, 0.3) is 6.08 Å². The van der Waals surface area contributed by atoms with Crippen molar-refractivity contribution in [3.8, 4) is 0 Å². The standard InChI is InChI=1S/C17H24BFO2S/c1-11-7-13(8-12(2)15(11)19)9-14(10-22)18-20-16(3,4)17(5,6)21-18/h7-9,22H,10H2,1-6H3. The number of halogens is 1. The van der Waals surface area contributed by atoms with E-state index in [1.165, 1.54) is 0 Å². The third-order valence-corrected chi connectivity index (χ3v) is 4.91. The van der Waals surface area contributed by atoms with Gasteiger partial charge in [0.2, 0.25) is 0 Å². The van der Waals surface area contributed by atoms with E-state index in [0.29, 0.717) is 16.9 Å². The van der Waals surface area contributed by atoms with Gasteiger partial charge in [-0.3, -0.25) is 0 Å². The molecule has 2 nitrogen and oxygen atoms in total. The van der Waals surface area contributed by atoms with Crippen LogP contribution in [0, 0.1) is 19.7 Å². The zero-order valence-corrected chi connectivity index (χ0v) is 15.1. The maximum atomic E-state index is 13.7. The third kappa shape index (κ3) is 3.26. The summed E-state index contributed by atoms with van der Waals surface area (Å²) < 4.78 is 25.9.